The largest absolute Gasteiger partial charge is 0.240 e. The summed E-state index contributed by atoms with van der Waals surface area (Å²) in [5.41, 5.74) is 1.60. The van der Waals surface area contributed by atoms with Crippen LogP contribution in [0, 0.1) is 5.82 Å². The van der Waals surface area contributed by atoms with Gasteiger partial charge in [0.15, 0.2) is 0 Å². The second-order valence-electron chi connectivity index (χ2n) is 4.72. The number of hydrogen-bond acceptors (Lipinski definition) is 6. The van der Waals surface area contributed by atoms with E-state index in [0.29, 0.717) is 16.6 Å². The molecule has 0 amide bonds. The minimum Gasteiger partial charge on any atom is -0.240 e. The Balaban J connectivity index is 1.57. The van der Waals surface area contributed by atoms with E-state index in [4.69, 9.17) is 0 Å². The van der Waals surface area contributed by atoms with Gasteiger partial charge in [-0.2, -0.15) is 4.68 Å². The topological polar surface area (TPSA) is 56.5 Å². The molecule has 8 heteroatoms. The molecule has 4 aromatic rings. The summed E-state index contributed by atoms with van der Waals surface area (Å²) in [7, 11) is 0. The number of tetrazole rings is 1. The molecule has 0 aliphatic carbocycles. The first-order valence-corrected chi connectivity index (χ1v) is 8.61. The SMILES string of the molecule is Fc1cccc(-n2nnnc2SCc2nc3ccccc3s2)c1. The Kier molecular flexibility index (Phi) is 3.76. The molecule has 0 saturated heterocycles. The summed E-state index contributed by atoms with van der Waals surface area (Å²) in [4.78, 5) is 4.59. The lowest BCUT2D eigenvalue weighted by atomic mass is 10.3. The number of nitrogens with zero attached hydrogens (tertiary/aromatic N) is 5. The van der Waals surface area contributed by atoms with Crippen LogP contribution in [0.15, 0.2) is 53.7 Å². The Hall–Kier alpha value is -2.32. The van der Waals surface area contributed by atoms with E-state index >= 15 is 0 Å². The van der Waals surface area contributed by atoms with Gasteiger partial charge >= 0.3 is 0 Å². The Bertz CT molecular complexity index is 932. The van der Waals surface area contributed by atoms with Crippen LogP contribution in [0.4, 0.5) is 4.39 Å². The van der Waals surface area contributed by atoms with Crippen LogP contribution in [-0.4, -0.2) is 25.2 Å². The highest BCUT2D eigenvalue weighted by molar-refractivity contribution is 7.98. The van der Waals surface area contributed by atoms with E-state index in [2.05, 4.69) is 26.6 Å². The fourth-order valence-corrected chi connectivity index (χ4v) is 4.00. The van der Waals surface area contributed by atoms with Gasteiger partial charge in [0, 0.05) is 0 Å². The highest BCUT2D eigenvalue weighted by Crippen LogP contribution is 2.28. The van der Waals surface area contributed by atoms with Crippen molar-refractivity contribution in [3.63, 3.8) is 0 Å². The number of benzene rings is 2. The van der Waals surface area contributed by atoms with Crippen molar-refractivity contribution in [2.45, 2.75) is 10.9 Å². The Morgan fingerprint density at radius 2 is 2.04 bits per heavy atom. The van der Waals surface area contributed by atoms with Crippen LogP contribution in [0.3, 0.4) is 0 Å². The standard InChI is InChI=1S/C15H10FN5S2/c16-10-4-3-5-11(8-10)21-15(18-19-20-21)22-9-14-17-12-6-1-2-7-13(12)23-14/h1-8H,9H2. The normalized spacial score (nSPS) is 11.2. The lowest BCUT2D eigenvalue weighted by Gasteiger charge is -2.03. The van der Waals surface area contributed by atoms with E-state index in [1.165, 1.54) is 28.6 Å². The lowest BCUT2D eigenvalue weighted by molar-refractivity contribution is 0.623. The highest BCUT2D eigenvalue weighted by atomic mass is 32.2. The molecule has 2 aromatic heterocycles. The van der Waals surface area contributed by atoms with Crippen LogP contribution in [0.25, 0.3) is 15.9 Å². The quantitative estimate of drug-likeness (QED) is 0.529. The number of rotatable bonds is 4. The molecule has 0 fully saturated rings. The second kappa shape index (κ2) is 6.05. The minimum atomic E-state index is -0.319. The van der Waals surface area contributed by atoms with Crippen molar-refractivity contribution in [3.8, 4) is 5.69 Å². The molecule has 0 atom stereocenters. The fraction of sp³-hybridized carbons (Fsp3) is 0.0667. The van der Waals surface area contributed by atoms with Gasteiger partial charge in [0.1, 0.15) is 10.8 Å². The first-order chi connectivity index (χ1) is 11.3. The van der Waals surface area contributed by atoms with E-state index in [-0.39, 0.29) is 5.82 Å². The van der Waals surface area contributed by atoms with Gasteiger partial charge < -0.3 is 0 Å². The molecule has 0 aliphatic rings. The summed E-state index contributed by atoms with van der Waals surface area (Å²) in [6, 6.07) is 14.2. The molecule has 2 aromatic carbocycles. The van der Waals surface area contributed by atoms with Gasteiger partial charge in [-0.05, 0) is 40.8 Å². The molecule has 0 N–H and O–H groups in total. The predicted molar refractivity (Wildman–Crippen MR) is 88.3 cm³/mol. The number of fused-ring (bicyclic) bond motifs is 1. The summed E-state index contributed by atoms with van der Waals surface area (Å²) >= 11 is 3.13. The Morgan fingerprint density at radius 1 is 1.13 bits per heavy atom. The zero-order valence-electron chi connectivity index (χ0n) is 11.8. The van der Waals surface area contributed by atoms with Gasteiger partial charge in [0.2, 0.25) is 5.16 Å². The van der Waals surface area contributed by atoms with Crippen LogP contribution >= 0.6 is 23.1 Å². The van der Waals surface area contributed by atoms with Crippen molar-refractivity contribution in [2.24, 2.45) is 0 Å². The molecule has 114 valence electrons. The fourth-order valence-electron chi connectivity index (χ4n) is 2.15. The summed E-state index contributed by atoms with van der Waals surface area (Å²) in [6.07, 6.45) is 0. The number of thioether (sulfide) groups is 1. The van der Waals surface area contributed by atoms with Crippen molar-refractivity contribution in [2.75, 3.05) is 0 Å². The smallest absolute Gasteiger partial charge is 0.214 e. The maximum absolute atomic E-state index is 13.4. The molecule has 23 heavy (non-hydrogen) atoms. The van der Waals surface area contributed by atoms with Crippen LogP contribution in [-0.2, 0) is 5.75 Å². The van der Waals surface area contributed by atoms with Crippen molar-refractivity contribution >= 4 is 33.3 Å². The van der Waals surface area contributed by atoms with E-state index in [1.807, 2.05) is 18.2 Å². The summed E-state index contributed by atoms with van der Waals surface area (Å²) < 4.78 is 16.1. The van der Waals surface area contributed by atoms with Gasteiger partial charge in [0.25, 0.3) is 0 Å². The second-order valence-corrected chi connectivity index (χ2v) is 6.77. The van der Waals surface area contributed by atoms with E-state index < -0.39 is 0 Å². The van der Waals surface area contributed by atoms with Crippen LogP contribution in [0.2, 0.25) is 0 Å². The van der Waals surface area contributed by atoms with Crippen molar-refractivity contribution in [1.82, 2.24) is 25.2 Å². The van der Waals surface area contributed by atoms with Gasteiger partial charge in [-0.1, -0.05) is 30.0 Å². The Morgan fingerprint density at radius 3 is 2.91 bits per heavy atom. The molecule has 0 unspecified atom stereocenters. The molecule has 0 saturated carbocycles. The predicted octanol–water partition coefficient (Wildman–Crippen LogP) is 3.70. The lowest BCUT2D eigenvalue weighted by Crippen LogP contribution is -1.99. The maximum Gasteiger partial charge on any atom is 0.214 e. The summed E-state index contributed by atoms with van der Waals surface area (Å²) in [5, 5.41) is 13.2. The number of para-hydroxylation sites is 1. The Labute approximate surface area is 139 Å². The van der Waals surface area contributed by atoms with Crippen LogP contribution in [0.1, 0.15) is 5.01 Å². The molecular weight excluding hydrogens is 333 g/mol. The molecule has 0 spiro atoms. The summed E-state index contributed by atoms with van der Waals surface area (Å²) in [6.45, 7) is 0. The summed E-state index contributed by atoms with van der Waals surface area (Å²) in [5.74, 6) is 0.342. The number of hydrogen-bond donors (Lipinski definition) is 0. The molecular formula is C15H10FN5S2. The molecule has 4 rings (SSSR count). The van der Waals surface area contributed by atoms with E-state index in [0.717, 1.165) is 15.2 Å². The van der Waals surface area contributed by atoms with Crippen LogP contribution in [0.5, 0.6) is 0 Å². The van der Waals surface area contributed by atoms with Gasteiger partial charge in [-0.15, -0.1) is 16.4 Å². The molecule has 0 aliphatic heterocycles. The van der Waals surface area contributed by atoms with Crippen molar-refractivity contribution in [3.05, 3.63) is 59.4 Å². The number of aromatic nitrogens is 5. The first-order valence-electron chi connectivity index (χ1n) is 6.81. The van der Waals surface area contributed by atoms with Gasteiger partial charge in [-0.3, -0.25) is 0 Å². The third-order valence-electron chi connectivity index (χ3n) is 3.16. The van der Waals surface area contributed by atoms with Crippen LogP contribution < -0.4 is 0 Å². The van der Waals surface area contributed by atoms with Crippen molar-refractivity contribution in [1.29, 1.82) is 0 Å². The molecule has 0 radical (unpaired) electrons. The first kappa shape index (κ1) is 14.3. The number of halogens is 1. The van der Waals surface area contributed by atoms with Crippen molar-refractivity contribution < 1.29 is 4.39 Å². The minimum absolute atomic E-state index is 0.319. The zero-order valence-corrected chi connectivity index (χ0v) is 13.4. The van der Waals surface area contributed by atoms with E-state index in [1.54, 1.807) is 23.5 Å². The van der Waals surface area contributed by atoms with Gasteiger partial charge in [-0.25, -0.2) is 9.37 Å². The third-order valence-corrected chi connectivity index (χ3v) is 5.31. The maximum atomic E-state index is 13.4. The number of thiazole rings is 1. The highest BCUT2D eigenvalue weighted by Gasteiger charge is 2.11. The monoisotopic (exact) mass is 343 g/mol. The molecule has 5 nitrogen and oxygen atoms in total. The van der Waals surface area contributed by atoms with Gasteiger partial charge in [0.05, 0.1) is 21.7 Å². The average Bonchev–Trinajstić information content (AvgIpc) is 3.19. The third kappa shape index (κ3) is 2.95. The average molecular weight is 343 g/mol. The molecule has 0 bridgehead atoms. The zero-order chi connectivity index (χ0) is 15.6. The van der Waals surface area contributed by atoms with E-state index in [9.17, 15) is 4.39 Å². The molecule has 2 heterocycles.